The number of nitrogens with two attached hydrogens (primary N) is 1. The highest BCUT2D eigenvalue weighted by molar-refractivity contribution is 5.95. The summed E-state index contributed by atoms with van der Waals surface area (Å²) in [6.07, 6.45) is 0. The average Bonchev–Trinajstić information content (AvgIpc) is 2.41. The largest absolute Gasteiger partial charge is 0.384 e. The summed E-state index contributed by atoms with van der Waals surface area (Å²) < 4.78 is 5.32. The highest BCUT2D eigenvalue weighted by Gasteiger charge is 2.21. The van der Waals surface area contributed by atoms with Gasteiger partial charge in [0, 0.05) is 36.4 Å². The molecule has 1 rings (SSSR count). The van der Waals surface area contributed by atoms with E-state index in [0.717, 1.165) is 5.69 Å². The number of carbonyl (C=O) groups is 1. The number of aromatic nitrogens is 1. The molecule has 2 N–H and O–H groups in total. The number of carbonyl (C=O) groups excluding carboxylic acids is 1. The first kappa shape index (κ1) is 17.4. The predicted molar refractivity (Wildman–Crippen MR) is 85.4 cm³/mol. The standard InChI is InChI=1S/C16H27N3O2/c1-6-19(8-9-21-7-2)15(20)12-10-13(16(3,4)5)18-14(17)11-12/h10-11H,6-9H2,1-5H3,(H2,17,18). The maximum atomic E-state index is 12.6. The summed E-state index contributed by atoms with van der Waals surface area (Å²) in [5.74, 6) is 0.350. The van der Waals surface area contributed by atoms with Crippen LogP contribution in [0.15, 0.2) is 12.1 Å². The molecule has 0 aromatic carbocycles. The van der Waals surface area contributed by atoms with Crippen LogP contribution in [0, 0.1) is 0 Å². The fourth-order valence-electron chi connectivity index (χ4n) is 1.96. The third kappa shape index (κ3) is 5.01. The number of rotatable bonds is 6. The Morgan fingerprint density at radius 2 is 2.00 bits per heavy atom. The van der Waals surface area contributed by atoms with E-state index in [1.807, 2.05) is 19.9 Å². The number of amides is 1. The van der Waals surface area contributed by atoms with Crippen molar-refractivity contribution < 1.29 is 9.53 Å². The quantitative estimate of drug-likeness (QED) is 0.818. The molecule has 0 aliphatic heterocycles. The number of likely N-dealkylation sites (N-methyl/N-ethyl adjacent to an activating group) is 1. The zero-order valence-corrected chi connectivity index (χ0v) is 13.8. The second kappa shape index (κ2) is 7.41. The van der Waals surface area contributed by atoms with Crippen LogP contribution in [-0.4, -0.2) is 42.1 Å². The monoisotopic (exact) mass is 293 g/mol. The van der Waals surface area contributed by atoms with E-state index in [2.05, 4.69) is 25.8 Å². The Morgan fingerprint density at radius 3 is 2.52 bits per heavy atom. The van der Waals surface area contributed by atoms with Crippen molar-refractivity contribution in [3.63, 3.8) is 0 Å². The summed E-state index contributed by atoms with van der Waals surface area (Å²) in [7, 11) is 0. The van der Waals surface area contributed by atoms with Gasteiger partial charge in [0.25, 0.3) is 5.91 Å². The normalized spacial score (nSPS) is 11.5. The SMILES string of the molecule is CCOCCN(CC)C(=O)c1cc(N)nc(C(C)(C)C)c1. The first-order valence-corrected chi connectivity index (χ1v) is 7.44. The number of anilines is 1. The summed E-state index contributed by atoms with van der Waals surface area (Å²) >= 11 is 0. The molecule has 1 aromatic heterocycles. The van der Waals surface area contributed by atoms with Crippen LogP contribution >= 0.6 is 0 Å². The highest BCUT2D eigenvalue weighted by Crippen LogP contribution is 2.23. The molecule has 118 valence electrons. The first-order chi connectivity index (χ1) is 9.79. The van der Waals surface area contributed by atoms with Crippen molar-refractivity contribution in [3.8, 4) is 0 Å². The Morgan fingerprint density at radius 1 is 1.33 bits per heavy atom. The number of hydrogen-bond donors (Lipinski definition) is 1. The minimum absolute atomic E-state index is 0.0307. The number of hydrogen-bond acceptors (Lipinski definition) is 4. The minimum atomic E-state index is -0.146. The molecule has 0 unspecified atom stereocenters. The van der Waals surface area contributed by atoms with Crippen LogP contribution in [0.3, 0.4) is 0 Å². The van der Waals surface area contributed by atoms with E-state index in [1.165, 1.54) is 0 Å². The van der Waals surface area contributed by atoms with E-state index in [4.69, 9.17) is 10.5 Å². The topological polar surface area (TPSA) is 68.5 Å². The van der Waals surface area contributed by atoms with Gasteiger partial charge in [-0.3, -0.25) is 4.79 Å². The van der Waals surface area contributed by atoms with Crippen molar-refractivity contribution in [2.45, 2.75) is 40.0 Å². The summed E-state index contributed by atoms with van der Waals surface area (Å²) in [4.78, 5) is 18.7. The predicted octanol–water partition coefficient (Wildman–Crippen LogP) is 2.46. The molecule has 1 heterocycles. The lowest BCUT2D eigenvalue weighted by atomic mass is 9.90. The summed E-state index contributed by atoms with van der Waals surface area (Å²) in [5.41, 5.74) is 7.12. The van der Waals surface area contributed by atoms with Crippen LogP contribution in [0.2, 0.25) is 0 Å². The first-order valence-electron chi connectivity index (χ1n) is 7.44. The third-order valence-electron chi connectivity index (χ3n) is 3.24. The molecule has 0 aliphatic rings. The van der Waals surface area contributed by atoms with Crippen molar-refractivity contribution in [1.29, 1.82) is 0 Å². The zero-order valence-electron chi connectivity index (χ0n) is 13.8. The molecule has 21 heavy (non-hydrogen) atoms. The number of nitrogens with zero attached hydrogens (tertiary/aromatic N) is 2. The van der Waals surface area contributed by atoms with Crippen molar-refractivity contribution in [3.05, 3.63) is 23.4 Å². The van der Waals surface area contributed by atoms with Crippen LogP contribution in [0.1, 0.15) is 50.7 Å². The lowest BCUT2D eigenvalue weighted by Gasteiger charge is -2.23. The smallest absolute Gasteiger partial charge is 0.254 e. The minimum Gasteiger partial charge on any atom is -0.384 e. The molecule has 0 aliphatic carbocycles. The van der Waals surface area contributed by atoms with Crippen LogP contribution in [0.5, 0.6) is 0 Å². The van der Waals surface area contributed by atoms with Gasteiger partial charge < -0.3 is 15.4 Å². The van der Waals surface area contributed by atoms with Crippen LogP contribution in [0.25, 0.3) is 0 Å². The van der Waals surface area contributed by atoms with Gasteiger partial charge in [-0.25, -0.2) is 4.98 Å². The van der Waals surface area contributed by atoms with Gasteiger partial charge in [0.15, 0.2) is 0 Å². The maximum Gasteiger partial charge on any atom is 0.254 e. The molecule has 0 spiro atoms. The van der Waals surface area contributed by atoms with E-state index >= 15 is 0 Å². The van der Waals surface area contributed by atoms with Gasteiger partial charge in [-0.1, -0.05) is 20.8 Å². The van der Waals surface area contributed by atoms with Crippen LogP contribution in [0.4, 0.5) is 5.82 Å². The molecular formula is C16H27N3O2. The summed E-state index contributed by atoms with van der Waals surface area (Å²) in [6, 6.07) is 3.48. The molecule has 0 fully saturated rings. The third-order valence-corrected chi connectivity index (χ3v) is 3.24. The van der Waals surface area contributed by atoms with Gasteiger partial charge in [-0.05, 0) is 26.0 Å². The second-order valence-corrected chi connectivity index (χ2v) is 6.00. The van der Waals surface area contributed by atoms with Crippen LogP contribution < -0.4 is 5.73 Å². The fraction of sp³-hybridized carbons (Fsp3) is 0.625. The molecule has 0 saturated heterocycles. The van der Waals surface area contributed by atoms with Gasteiger partial charge in [-0.2, -0.15) is 0 Å². The second-order valence-electron chi connectivity index (χ2n) is 6.00. The Bertz CT molecular complexity index is 481. The highest BCUT2D eigenvalue weighted by atomic mass is 16.5. The van der Waals surface area contributed by atoms with Gasteiger partial charge >= 0.3 is 0 Å². The molecule has 0 bridgehead atoms. The van der Waals surface area contributed by atoms with E-state index in [0.29, 0.717) is 37.7 Å². The summed E-state index contributed by atoms with van der Waals surface area (Å²) in [6.45, 7) is 12.5. The lowest BCUT2D eigenvalue weighted by molar-refractivity contribution is 0.0669. The Hall–Kier alpha value is -1.62. The van der Waals surface area contributed by atoms with Crippen molar-refractivity contribution in [1.82, 2.24) is 9.88 Å². The molecule has 0 saturated carbocycles. The average molecular weight is 293 g/mol. The van der Waals surface area contributed by atoms with Crippen molar-refractivity contribution >= 4 is 11.7 Å². The fourth-order valence-corrected chi connectivity index (χ4v) is 1.96. The lowest BCUT2D eigenvalue weighted by Crippen LogP contribution is -2.34. The van der Waals surface area contributed by atoms with Gasteiger partial charge in [0.1, 0.15) is 5.82 Å². The number of nitrogen functional groups attached to an aromatic ring is 1. The summed E-state index contributed by atoms with van der Waals surface area (Å²) in [5, 5.41) is 0. The van der Waals surface area contributed by atoms with Crippen molar-refractivity contribution in [2.24, 2.45) is 0 Å². The van der Waals surface area contributed by atoms with E-state index in [9.17, 15) is 4.79 Å². The maximum absolute atomic E-state index is 12.6. The molecule has 1 amide bonds. The zero-order chi connectivity index (χ0) is 16.0. The van der Waals surface area contributed by atoms with E-state index in [-0.39, 0.29) is 11.3 Å². The molecule has 0 radical (unpaired) electrons. The molecular weight excluding hydrogens is 266 g/mol. The van der Waals surface area contributed by atoms with Gasteiger partial charge in [0.2, 0.25) is 0 Å². The Kier molecular flexibility index (Phi) is 6.15. The molecule has 0 atom stereocenters. The molecule has 5 nitrogen and oxygen atoms in total. The van der Waals surface area contributed by atoms with Gasteiger partial charge in [0.05, 0.1) is 6.61 Å². The number of pyridine rings is 1. The van der Waals surface area contributed by atoms with Crippen molar-refractivity contribution in [2.75, 3.05) is 32.0 Å². The van der Waals surface area contributed by atoms with E-state index < -0.39 is 0 Å². The molecule has 5 heteroatoms. The number of ether oxygens (including phenoxy) is 1. The van der Waals surface area contributed by atoms with E-state index in [1.54, 1.807) is 11.0 Å². The Balaban J connectivity index is 2.97. The Labute approximate surface area is 127 Å². The molecule has 1 aromatic rings. The van der Waals surface area contributed by atoms with Gasteiger partial charge in [-0.15, -0.1) is 0 Å². The van der Waals surface area contributed by atoms with Crippen LogP contribution in [-0.2, 0) is 10.2 Å².